The summed E-state index contributed by atoms with van der Waals surface area (Å²) in [5.74, 6) is -1.93. The van der Waals surface area contributed by atoms with Crippen molar-refractivity contribution >= 4 is 23.6 Å². The molecule has 1 saturated carbocycles. The van der Waals surface area contributed by atoms with Crippen molar-refractivity contribution in [1.82, 2.24) is 15.5 Å². The van der Waals surface area contributed by atoms with Crippen molar-refractivity contribution in [2.75, 3.05) is 13.1 Å². The van der Waals surface area contributed by atoms with Gasteiger partial charge in [0, 0.05) is 13.0 Å². The minimum atomic E-state index is -0.934. The number of imide groups is 2. The molecule has 1 saturated heterocycles. The summed E-state index contributed by atoms with van der Waals surface area (Å²) in [6, 6.07) is 4.26. The second kappa shape index (κ2) is 7.68. The Morgan fingerprint density at radius 2 is 1.90 bits per heavy atom. The smallest absolute Gasteiger partial charge is 0.262 e. The molecule has 154 valence electrons. The number of benzene rings is 1. The third kappa shape index (κ3) is 3.58. The van der Waals surface area contributed by atoms with Crippen molar-refractivity contribution < 1.29 is 19.2 Å². The minimum absolute atomic E-state index is 0.114. The van der Waals surface area contributed by atoms with E-state index in [0.29, 0.717) is 17.7 Å². The highest BCUT2D eigenvalue weighted by molar-refractivity contribution is 6.23. The molecule has 29 heavy (non-hydrogen) atoms. The molecule has 1 atom stereocenters. The van der Waals surface area contributed by atoms with Gasteiger partial charge in [0.05, 0.1) is 11.1 Å². The van der Waals surface area contributed by atoms with Crippen LogP contribution in [-0.4, -0.2) is 47.7 Å². The molecule has 8 nitrogen and oxygen atoms in total. The van der Waals surface area contributed by atoms with Crippen LogP contribution in [0.25, 0.3) is 0 Å². The summed E-state index contributed by atoms with van der Waals surface area (Å²) < 4.78 is 0. The van der Waals surface area contributed by atoms with E-state index < -0.39 is 23.8 Å². The highest BCUT2D eigenvalue weighted by atomic mass is 16.2. The maximum Gasteiger partial charge on any atom is 0.262 e. The summed E-state index contributed by atoms with van der Waals surface area (Å²) in [4.78, 5) is 50.0. The predicted molar refractivity (Wildman–Crippen MR) is 105 cm³/mol. The zero-order valence-corrected chi connectivity index (χ0v) is 16.3. The van der Waals surface area contributed by atoms with Crippen LogP contribution in [0.15, 0.2) is 18.2 Å². The van der Waals surface area contributed by atoms with Crippen LogP contribution in [0, 0.1) is 5.41 Å². The van der Waals surface area contributed by atoms with Crippen molar-refractivity contribution in [3.8, 4) is 0 Å². The molecule has 1 aliphatic carbocycles. The van der Waals surface area contributed by atoms with Crippen molar-refractivity contribution in [2.45, 2.75) is 51.1 Å². The number of piperidine rings is 1. The lowest BCUT2D eigenvalue weighted by Gasteiger charge is -2.41. The van der Waals surface area contributed by atoms with Gasteiger partial charge in [-0.15, -0.1) is 0 Å². The normalized spacial score (nSPS) is 23.1. The quantitative estimate of drug-likeness (QED) is 0.459. The van der Waals surface area contributed by atoms with E-state index in [0.717, 1.165) is 30.0 Å². The molecular weight excluding hydrogens is 372 g/mol. The maximum atomic E-state index is 12.8. The number of fused-ring (bicyclic) bond motifs is 1. The van der Waals surface area contributed by atoms with Crippen molar-refractivity contribution in [3.63, 3.8) is 0 Å². The summed E-state index contributed by atoms with van der Waals surface area (Å²) in [6.45, 7) is 2.16. The molecule has 4 N–H and O–H groups in total. The van der Waals surface area contributed by atoms with Gasteiger partial charge in [0.15, 0.2) is 0 Å². The lowest BCUT2D eigenvalue weighted by atomic mass is 9.67. The van der Waals surface area contributed by atoms with Gasteiger partial charge in [-0.1, -0.05) is 12.5 Å². The van der Waals surface area contributed by atoms with Crippen LogP contribution in [0.3, 0.4) is 0 Å². The SMILES string of the molecule is NCC1(CCNCc2ccc3c(c2)C(=O)N(C2CCC(=O)NC2=O)C3=O)CCC1. The zero-order chi connectivity index (χ0) is 20.6. The summed E-state index contributed by atoms with van der Waals surface area (Å²) in [5.41, 5.74) is 7.71. The van der Waals surface area contributed by atoms with Gasteiger partial charge in [0.1, 0.15) is 6.04 Å². The van der Waals surface area contributed by atoms with Gasteiger partial charge in [-0.05, 0) is 61.9 Å². The molecule has 2 aliphatic heterocycles. The largest absolute Gasteiger partial charge is 0.330 e. The zero-order valence-electron chi connectivity index (χ0n) is 16.3. The van der Waals surface area contributed by atoms with Gasteiger partial charge in [-0.25, -0.2) is 0 Å². The average molecular weight is 398 g/mol. The van der Waals surface area contributed by atoms with E-state index in [9.17, 15) is 19.2 Å². The van der Waals surface area contributed by atoms with Crippen LogP contribution in [0.5, 0.6) is 0 Å². The number of nitrogens with one attached hydrogen (secondary N) is 2. The third-order valence-corrected chi connectivity index (χ3v) is 6.51. The third-order valence-electron chi connectivity index (χ3n) is 6.51. The van der Waals surface area contributed by atoms with E-state index in [1.54, 1.807) is 12.1 Å². The Bertz CT molecular complexity index is 872. The fourth-order valence-electron chi connectivity index (χ4n) is 4.45. The number of rotatable bonds is 7. The lowest BCUT2D eigenvalue weighted by Crippen LogP contribution is -2.54. The molecule has 0 bridgehead atoms. The Morgan fingerprint density at radius 3 is 2.55 bits per heavy atom. The van der Waals surface area contributed by atoms with E-state index in [1.807, 2.05) is 6.07 Å². The Labute approximate surface area is 169 Å². The maximum absolute atomic E-state index is 12.8. The minimum Gasteiger partial charge on any atom is -0.330 e. The van der Waals surface area contributed by atoms with Gasteiger partial charge < -0.3 is 11.1 Å². The van der Waals surface area contributed by atoms with Gasteiger partial charge in [-0.3, -0.25) is 29.4 Å². The molecule has 0 radical (unpaired) electrons. The molecule has 4 amide bonds. The average Bonchev–Trinajstić information content (AvgIpc) is 2.91. The van der Waals surface area contributed by atoms with Crippen LogP contribution >= 0.6 is 0 Å². The van der Waals surface area contributed by atoms with Crippen LogP contribution in [0.2, 0.25) is 0 Å². The first kappa shape index (κ1) is 19.7. The summed E-state index contributed by atoms with van der Waals surface area (Å²) in [7, 11) is 0. The fourth-order valence-corrected chi connectivity index (χ4v) is 4.45. The number of carbonyl (C=O) groups excluding carboxylic acids is 4. The Morgan fingerprint density at radius 1 is 1.14 bits per heavy atom. The molecule has 3 aliphatic rings. The molecule has 4 rings (SSSR count). The van der Waals surface area contributed by atoms with Crippen LogP contribution in [0.4, 0.5) is 0 Å². The predicted octanol–water partition coefficient (Wildman–Crippen LogP) is 0.696. The standard InChI is InChI=1S/C21H26N4O4/c22-12-21(6-1-7-21)8-9-23-11-13-2-3-14-15(10-13)20(29)25(19(14)28)16-4-5-17(26)24-18(16)27/h2-3,10,16,23H,1,4-9,11-12,22H2,(H,24,26,27). The van der Waals surface area contributed by atoms with Gasteiger partial charge in [0.25, 0.3) is 11.8 Å². The van der Waals surface area contributed by atoms with Crippen LogP contribution < -0.4 is 16.4 Å². The number of amides is 4. The molecule has 2 fully saturated rings. The second-order valence-electron chi connectivity index (χ2n) is 8.31. The Balaban J connectivity index is 1.40. The molecule has 1 aromatic carbocycles. The molecule has 2 heterocycles. The summed E-state index contributed by atoms with van der Waals surface area (Å²) >= 11 is 0. The number of hydrogen-bond donors (Lipinski definition) is 3. The lowest BCUT2D eigenvalue weighted by molar-refractivity contribution is -0.136. The molecule has 0 aromatic heterocycles. The van der Waals surface area contributed by atoms with Crippen molar-refractivity contribution in [2.24, 2.45) is 11.1 Å². The number of nitrogens with two attached hydrogens (primary N) is 1. The second-order valence-corrected chi connectivity index (χ2v) is 8.31. The van der Waals surface area contributed by atoms with Crippen molar-refractivity contribution in [1.29, 1.82) is 0 Å². The first-order chi connectivity index (χ1) is 13.9. The van der Waals surface area contributed by atoms with Gasteiger partial charge in [0.2, 0.25) is 11.8 Å². The van der Waals surface area contributed by atoms with Gasteiger partial charge >= 0.3 is 0 Å². The van der Waals surface area contributed by atoms with Crippen LogP contribution in [0.1, 0.15) is 64.8 Å². The fraction of sp³-hybridized carbons (Fsp3) is 0.524. The number of carbonyl (C=O) groups is 4. The summed E-state index contributed by atoms with van der Waals surface area (Å²) in [5, 5.41) is 5.60. The van der Waals surface area contributed by atoms with E-state index in [1.165, 1.54) is 19.3 Å². The van der Waals surface area contributed by atoms with E-state index in [4.69, 9.17) is 5.73 Å². The van der Waals surface area contributed by atoms with Crippen molar-refractivity contribution in [3.05, 3.63) is 34.9 Å². The Hall–Kier alpha value is -2.58. The molecule has 0 spiro atoms. The van der Waals surface area contributed by atoms with E-state index >= 15 is 0 Å². The first-order valence-corrected chi connectivity index (χ1v) is 10.2. The van der Waals surface area contributed by atoms with E-state index in [2.05, 4.69) is 10.6 Å². The highest BCUT2D eigenvalue weighted by Gasteiger charge is 2.44. The highest BCUT2D eigenvalue weighted by Crippen LogP contribution is 2.42. The van der Waals surface area contributed by atoms with Crippen LogP contribution in [-0.2, 0) is 16.1 Å². The van der Waals surface area contributed by atoms with Gasteiger partial charge in [-0.2, -0.15) is 0 Å². The molecule has 1 aromatic rings. The topological polar surface area (TPSA) is 122 Å². The molecule has 8 heteroatoms. The monoisotopic (exact) mass is 398 g/mol. The molecular formula is C21H26N4O4. The summed E-state index contributed by atoms with van der Waals surface area (Å²) in [6.07, 6.45) is 4.95. The first-order valence-electron chi connectivity index (χ1n) is 10.2. The van der Waals surface area contributed by atoms with E-state index in [-0.39, 0.29) is 24.2 Å². The molecule has 1 unspecified atom stereocenters. The number of hydrogen-bond acceptors (Lipinski definition) is 6. The number of nitrogens with zero attached hydrogens (tertiary/aromatic N) is 1. The Kier molecular flexibility index (Phi) is 5.23.